The predicted molar refractivity (Wildman–Crippen MR) is 69.0 cm³/mol. The molecule has 2 rings (SSSR count). The number of hydrogen-bond acceptors (Lipinski definition) is 3. The summed E-state index contributed by atoms with van der Waals surface area (Å²) < 4.78 is 24.1. The molecule has 96 valence electrons. The van der Waals surface area contributed by atoms with Crippen molar-refractivity contribution in [1.29, 1.82) is 0 Å². The Hall–Kier alpha value is -1.82. The minimum atomic E-state index is -3.21. The first-order valence-corrected chi connectivity index (χ1v) is 7.28. The maximum Gasteiger partial charge on any atom is 0.274 e. The van der Waals surface area contributed by atoms with Crippen LogP contribution in [-0.4, -0.2) is 24.5 Å². The van der Waals surface area contributed by atoms with Gasteiger partial charge in [-0.1, -0.05) is 0 Å². The zero-order valence-electron chi connectivity index (χ0n) is 10.4. The second-order valence-corrected chi connectivity index (χ2v) is 6.28. The molecule has 0 saturated carbocycles. The first kappa shape index (κ1) is 12.6. The topological polar surface area (TPSA) is 71.9 Å². The van der Waals surface area contributed by atoms with Crippen LogP contribution in [0.2, 0.25) is 0 Å². The molecule has 0 unspecified atom stereocenters. The normalized spacial score (nSPS) is 11.7. The smallest absolute Gasteiger partial charge is 0.274 e. The molecular weight excluding hydrogens is 252 g/mol. The standard InChI is InChI=1S/C12H14N2O3S/c1-8-9(2)13-14(12(8)15)10-4-6-11(7-5-10)18(3,16)17/h4-7,13H,1-3H3. The molecule has 0 spiro atoms. The van der Waals surface area contributed by atoms with E-state index in [1.54, 1.807) is 19.1 Å². The molecule has 1 aromatic heterocycles. The molecule has 6 heteroatoms. The van der Waals surface area contributed by atoms with Gasteiger partial charge >= 0.3 is 0 Å². The Morgan fingerprint density at radius 3 is 2.06 bits per heavy atom. The summed E-state index contributed by atoms with van der Waals surface area (Å²) >= 11 is 0. The van der Waals surface area contributed by atoms with Crippen molar-refractivity contribution < 1.29 is 8.42 Å². The monoisotopic (exact) mass is 266 g/mol. The van der Waals surface area contributed by atoms with E-state index in [0.29, 0.717) is 11.3 Å². The van der Waals surface area contributed by atoms with Gasteiger partial charge in [0.25, 0.3) is 5.56 Å². The van der Waals surface area contributed by atoms with Gasteiger partial charge in [0.05, 0.1) is 10.6 Å². The van der Waals surface area contributed by atoms with Crippen molar-refractivity contribution in [2.24, 2.45) is 0 Å². The Balaban J connectivity index is 2.54. The number of H-pyrrole nitrogens is 1. The molecule has 0 aliphatic heterocycles. The van der Waals surface area contributed by atoms with Gasteiger partial charge in [0, 0.05) is 17.5 Å². The van der Waals surface area contributed by atoms with Crippen LogP contribution in [-0.2, 0) is 9.84 Å². The molecule has 1 aromatic carbocycles. The third kappa shape index (κ3) is 2.11. The summed E-state index contributed by atoms with van der Waals surface area (Å²) in [4.78, 5) is 12.1. The van der Waals surface area contributed by atoms with Crippen LogP contribution in [0.3, 0.4) is 0 Å². The van der Waals surface area contributed by atoms with Crippen molar-refractivity contribution in [2.75, 3.05) is 6.26 Å². The van der Waals surface area contributed by atoms with Crippen molar-refractivity contribution in [3.8, 4) is 5.69 Å². The Labute approximate surface area is 105 Å². The molecule has 0 saturated heterocycles. The molecule has 0 bridgehead atoms. The highest BCUT2D eigenvalue weighted by Gasteiger charge is 2.10. The summed E-state index contributed by atoms with van der Waals surface area (Å²) in [7, 11) is -3.21. The number of aryl methyl sites for hydroxylation is 1. The van der Waals surface area contributed by atoms with E-state index in [0.717, 1.165) is 11.9 Å². The number of nitrogens with one attached hydrogen (secondary N) is 1. The summed E-state index contributed by atoms with van der Waals surface area (Å²) in [5, 5.41) is 2.94. The average molecular weight is 266 g/mol. The Morgan fingerprint density at radius 2 is 1.67 bits per heavy atom. The van der Waals surface area contributed by atoms with Crippen molar-refractivity contribution in [2.45, 2.75) is 18.7 Å². The number of rotatable bonds is 2. The predicted octanol–water partition coefficient (Wildman–Crippen LogP) is 1.19. The lowest BCUT2D eigenvalue weighted by Gasteiger charge is -2.03. The molecule has 5 nitrogen and oxygen atoms in total. The van der Waals surface area contributed by atoms with Crippen molar-refractivity contribution in [3.05, 3.63) is 45.9 Å². The van der Waals surface area contributed by atoms with Crippen molar-refractivity contribution in [1.82, 2.24) is 9.78 Å². The van der Waals surface area contributed by atoms with Gasteiger partial charge < -0.3 is 0 Å². The summed E-state index contributed by atoms with van der Waals surface area (Å²) in [5.74, 6) is 0. The van der Waals surface area contributed by atoms with Gasteiger partial charge in [0.2, 0.25) is 0 Å². The van der Waals surface area contributed by atoms with E-state index in [2.05, 4.69) is 5.10 Å². The SMILES string of the molecule is Cc1[nH]n(-c2ccc(S(C)(=O)=O)cc2)c(=O)c1C. The summed E-state index contributed by atoms with van der Waals surface area (Å²) in [6, 6.07) is 6.19. The summed E-state index contributed by atoms with van der Waals surface area (Å²) in [5.41, 5.74) is 1.94. The molecule has 2 aromatic rings. The highest BCUT2D eigenvalue weighted by molar-refractivity contribution is 7.90. The average Bonchev–Trinajstić information content (AvgIpc) is 2.56. The van der Waals surface area contributed by atoms with E-state index in [1.165, 1.54) is 16.8 Å². The quantitative estimate of drug-likeness (QED) is 0.887. The number of nitrogens with zero attached hydrogens (tertiary/aromatic N) is 1. The zero-order chi connectivity index (χ0) is 13.5. The molecule has 0 aliphatic rings. The second-order valence-electron chi connectivity index (χ2n) is 4.27. The van der Waals surface area contributed by atoms with Crippen molar-refractivity contribution in [3.63, 3.8) is 0 Å². The van der Waals surface area contributed by atoms with Gasteiger partial charge in [-0.25, -0.2) is 13.1 Å². The molecular formula is C12H14N2O3S. The van der Waals surface area contributed by atoms with Crippen LogP contribution in [0.15, 0.2) is 34.0 Å². The second kappa shape index (κ2) is 4.13. The van der Waals surface area contributed by atoms with E-state index in [4.69, 9.17) is 0 Å². The lowest BCUT2D eigenvalue weighted by Crippen LogP contribution is -2.15. The number of hydrogen-bond donors (Lipinski definition) is 1. The zero-order valence-corrected chi connectivity index (χ0v) is 11.2. The van der Waals surface area contributed by atoms with E-state index in [9.17, 15) is 13.2 Å². The van der Waals surface area contributed by atoms with Gasteiger partial charge in [0.15, 0.2) is 9.84 Å². The van der Waals surface area contributed by atoms with Crippen LogP contribution < -0.4 is 5.56 Å². The first-order valence-electron chi connectivity index (χ1n) is 5.39. The Kier molecular flexibility index (Phi) is 2.90. The molecule has 0 fully saturated rings. The Morgan fingerprint density at radius 1 is 1.11 bits per heavy atom. The number of benzene rings is 1. The van der Waals surface area contributed by atoms with Crippen LogP contribution in [0.25, 0.3) is 5.69 Å². The van der Waals surface area contributed by atoms with Gasteiger partial charge in [-0.3, -0.25) is 9.89 Å². The van der Waals surface area contributed by atoms with Crippen LogP contribution >= 0.6 is 0 Å². The third-order valence-corrected chi connectivity index (χ3v) is 4.02. The summed E-state index contributed by atoms with van der Waals surface area (Å²) in [6.07, 6.45) is 1.15. The van der Waals surface area contributed by atoms with E-state index < -0.39 is 9.84 Å². The van der Waals surface area contributed by atoms with E-state index in [1.807, 2.05) is 6.92 Å². The molecule has 0 aliphatic carbocycles. The highest BCUT2D eigenvalue weighted by Crippen LogP contribution is 2.12. The van der Waals surface area contributed by atoms with Gasteiger partial charge in [-0.15, -0.1) is 0 Å². The lowest BCUT2D eigenvalue weighted by atomic mass is 10.3. The summed E-state index contributed by atoms with van der Waals surface area (Å²) in [6.45, 7) is 3.56. The van der Waals surface area contributed by atoms with Gasteiger partial charge in [-0.05, 0) is 38.1 Å². The number of aromatic amines is 1. The lowest BCUT2D eigenvalue weighted by molar-refractivity contribution is 0.602. The van der Waals surface area contributed by atoms with Gasteiger partial charge in [-0.2, -0.15) is 0 Å². The molecule has 1 heterocycles. The fourth-order valence-electron chi connectivity index (χ4n) is 1.65. The molecule has 0 amide bonds. The maximum absolute atomic E-state index is 11.9. The fourth-order valence-corrected chi connectivity index (χ4v) is 2.29. The van der Waals surface area contributed by atoms with Crippen molar-refractivity contribution >= 4 is 9.84 Å². The Bertz CT molecular complexity index is 737. The molecule has 0 radical (unpaired) electrons. The minimum Gasteiger partial charge on any atom is -0.295 e. The van der Waals surface area contributed by atoms with E-state index >= 15 is 0 Å². The van der Waals surface area contributed by atoms with Crippen LogP contribution in [0.5, 0.6) is 0 Å². The van der Waals surface area contributed by atoms with E-state index in [-0.39, 0.29) is 10.5 Å². The largest absolute Gasteiger partial charge is 0.295 e. The third-order valence-electron chi connectivity index (χ3n) is 2.89. The van der Waals surface area contributed by atoms with Crippen LogP contribution in [0.1, 0.15) is 11.3 Å². The van der Waals surface area contributed by atoms with Crippen LogP contribution in [0.4, 0.5) is 0 Å². The number of aromatic nitrogens is 2. The number of sulfone groups is 1. The molecule has 1 N–H and O–H groups in total. The molecule has 0 atom stereocenters. The maximum atomic E-state index is 11.9. The fraction of sp³-hybridized carbons (Fsp3) is 0.250. The highest BCUT2D eigenvalue weighted by atomic mass is 32.2. The molecule has 18 heavy (non-hydrogen) atoms. The first-order chi connectivity index (χ1) is 8.30. The van der Waals surface area contributed by atoms with Gasteiger partial charge in [0.1, 0.15) is 0 Å². The van der Waals surface area contributed by atoms with Crippen LogP contribution in [0, 0.1) is 13.8 Å². The minimum absolute atomic E-state index is 0.125.